The molecule has 0 radical (unpaired) electrons. The second-order valence-corrected chi connectivity index (χ2v) is 5.54. The van der Waals surface area contributed by atoms with Crippen LogP contribution in [0.15, 0.2) is 12.2 Å². The lowest BCUT2D eigenvalue weighted by Gasteiger charge is -2.26. The molecular weight excluding hydrogens is 192 g/mol. The summed E-state index contributed by atoms with van der Waals surface area (Å²) in [7, 11) is 0. The van der Waals surface area contributed by atoms with Crippen molar-refractivity contribution in [3.63, 3.8) is 0 Å². The monoisotopic (exact) mass is 214 g/mol. The molecule has 1 atom stereocenters. The van der Waals surface area contributed by atoms with E-state index in [0.29, 0.717) is 6.04 Å². The van der Waals surface area contributed by atoms with Crippen LogP contribution < -0.4 is 11.3 Å². The molecule has 0 aromatic heterocycles. The third kappa shape index (κ3) is 4.49. The Labute approximate surface area is 91.7 Å². The highest BCUT2D eigenvalue weighted by Crippen LogP contribution is 2.27. The van der Waals surface area contributed by atoms with Gasteiger partial charge in [0.1, 0.15) is 0 Å². The number of nitrogens with one attached hydrogen (secondary N) is 1. The Balaban J connectivity index is 2.27. The van der Waals surface area contributed by atoms with Crippen molar-refractivity contribution >= 4 is 11.8 Å². The minimum absolute atomic E-state index is 0.431. The fourth-order valence-corrected chi connectivity index (χ4v) is 3.22. The van der Waals surface area contributed by atoms with E-state index in [0.717, 1.165) is 12.3 Å². The molecule has 1 saturated heterocycles. The summed E-state index contributed by atoms with van der Waals surface area (Å²) >= 11 is 2.08. The van der Waals surface area contributed by atoms with E-state index >= 15 is 0 Å². The van der Waals surface area contributed by atoms with Crippen molar-refractivity contribution in [2.75, 3.05) is 11.5 Å². The molecule has 1 fully saturated rings. The molecule has 0 aromatic rings. The van der Waals surface area contributed by atoms with Gasteiger partial charge in [0.25, 0.3) is 0 Å². The number of thioether (sulfide) groups is 1. The predicted molar refractivity (Wildman–Crippen MR) is 65.2 cm³/mol. The van der Waals surface area contributed by atoms with Crippen LogP contribution in [0.1, 0.15) is 32.6 Å². The average molecular weight is 214 g/mol. The summed E-state index contributed by atoms with van der Waals surface area (Å²) in [6, 6.07) is 0.431. The van der Waals surface area contributed by atoms with Crippen molar-refractivity contribution in [2.24, 2.45) is 11.8 Å². The molecule has 1 aliphatic heterocycles. The van der Waals surface area contributed by atoms with Gasteiger partial charge in [-0.05, 0) is 50.0 Å². The number of hydrogen-bond acceptors (Lipinski definition) is 3. The first kappa shape index (κ1) is 12.1. The van der Waals surface area contributed by atoms with Crippen molar-refractivity contribution in [3.8, 4) is 0 Å². The van der Waals surface area contributed by atoms with E-state index in [4.69, 9.17) is 5.84 Å². The van der Waals surface area contributed by atoms with Crippen LogP contribution in [0.3, 0.4) is 0 Å². The summed E-state index contributed by atoms with van der Waals surface area (Å²) in [5, 5.41) is 0. The van der Waals surface area contributed by atoms with Gasteiger partial charge in [-0.3, -0.25) is 11.3 Å². The standard InChI is InChI=1S/C11H22N2S/c1-9(2)7-11(13-12)8-10-3-5-14-6-4-10/h10-11,13H,1,3-8,12H2,2H3. The van der Waals surface area contributed by atoms with Crippen molar-refractivity contribution in [1.82, 2.24) is 5.43 Å². The lowest BCUT2D eigenvalue weighted by Crippen LogP contribution is -2.37. The SMILES string of the molecule is C=C(C)CC(CC1CCSCC1)NN. The summed E-state index contributed by atoms with van der Waals surface area (Å²) in [6.07, 6.45) is 4.95. The summed E-state index contributed by atoms with van der Waals surface area (Å²) in [4.78, 5) is 0. The normalized spacial score (nSPS) is 20.7. The quantitative estimate of drug-likeness (QED) is 0.419. The van der Waals surface area contributed by atoms with Gasteiger partial charge >= 0.3 is 0 Å². The Bertz CT molecular complexity index is 176. The zero-order chi connectivity index (χ0) is 10.4. The Morgan fingerprint density at radius 1 is 1.57 bits per heavy atom. The van der Waals surface area contributed by atoms with Gasteiger partial charge in [-0.15, -0.1) is 6.58 Å². The zero-order valence-electron chi connectivity index (χ0n) is 9.09. The highest BCUT2D eigenvalue weighted by atomic mass is 32.2. The molecule has 1 unspecified atom stereocenters. The first-order chi connectivity index (χ1) is 6.72. The molecule has 0 aromatic carbocycles. The summed E-state index contributed by atoms with van der Waals surface area (Å²) < 4.78 is 0. The van der Waals surface area contributed by atoms with Gasteiger partial charge in [0, 0.05) is 6.04 Å². The highest BCUT2D eigenvalue weighted by Gasteiger charge is 2.18. The summed E-state index contributed by atoms with van der Waals surface area (Å²) in [6.45, 7) is 6.01. The molecule has 3 heteroatoms. The van der Waals surface area contributed by atoms with E-state index in [1.165, 1.54) is 36.3 Å². The molecule has 0 bridgehead atoms. The van der Waals surface area contributed by atoms with Gasteiger partial charge in [-0.2, -0.15) is 11.8 Å². The molecule has 82 valence electrons. The lowest BCUT2D eigenvalue weighted by molar-refractivity contribution is 0.365. The molecule has 0 aliphatic carbocycles. The van der Waals surface area contributed by atoms with Crippen molar-refractivity contribution in [3.05, 3.63) is 12.2 Å². The smallest absolute Gasteiger partial charge is 0.0250 e. The molecular formula is C11H22N2S. The summed E-state index contributed by atoms with van der Waals surface area (Å²) in [5.74, 6) is 9.07. The first-order valence-corrected chi connectivity index (χ1v) is 6.56. The van der Waals surface area contributed by atoms with Gasteiger partial charge in [0.15, 0.2) is 0 Å². The third-order valence-corrected chi connectivity index (χ3v) is 3.84. The van der Waals surface area contributed by atoms with Gasteiger partial charge in [0.05, 0.1) is 0 Å². The molecule has 14 heavy (non-hydrogen) atoms. The zero-order valence-corrected chi connectivity index (χ0v) is 9.91. The summed E-state index contributed by atoms with van der Waals surface area (Å²) in [5.41, 5.74) is 4.13. The number of rotatable bonds is 5. The minimum Gasteiger partial charge on any atom is -0.271 e. The topological polar surface area (TPSA) is 38.0 Å². The fourth-order valence-electron chi connectivity index (χ4n) is 2.02. The van der Waals surface area contributed by atoms with Crippen LogP contribution in [0, 0.1) is 5.92 Å². The van der Waals surface area contributed by atoms with Crippen LogP contribution in [0.5, 0.6) is 0 Å². The molecule has 0 spiro atoms. The van der Waals surface area contributed by atoms with Crippen LogP contribution in [0.4, 0.5) is 0 Å². The Morgan fingerprint density at radius 2 is 2.21 bits per heavy atom. The van der Waals surface area contributed by atoms with Crippen LogP contribution in [-0.2, 0) is 0 Å². The molecule has 2 nitrogen and oxygen atoms in total. The van der Waals surface area contributed by atoms with E-state index in [1.54, 1.807) is 0 Å². The fraction of sp³-hybridized carbons (Fsp3) is 0.818. The van der Waals surface area contributed by atoms with E-state index in [9.17, 15) is 0 Å². The van der Waals surface area contributed by atoms with Gasteiger partial charge in [-0.1, -0.05) is 5.57 Å². The van der Waals surface area contributed by atoms with Gasteiger partial charge in [-0.25, -0.2) is 0 Å². The Morgan fingerprint density at radius 3 is 2.71 bits per heavy atom. The van der Waals surface area contributed by atoms with Crippen molar-refractivity contribution in [2.45, 2.75) is 38.6 Å². The average Bonchev–Trinajstić information content (AvgIpc) is 2.17. The second kappa shape index (κ2) is 6.49. The Hall–Kier alpha value is 0.01000. The maximum absolute atomic E-state index is 5.54. The third-order valence-electron chi connectivity index (χ3n) is 2.79. The maximum atomic E-state index is 5.54. The largest absolute Gasteiger partial charge is 0.271 e. The van der Waals surface area contributed by atoms with E-state index in [-0.39, 0.29) is 0 Å². The van der Waals surface area contributed by atoms with Gasteiger partial charge < -0.3 is 0 Å². The molecule has 1 rings (SSSR count). The van der Waals surface area contributed by atoms with Crippen LogP contribution >= 0.6 is 11.8 Å². The van der Waals surface area contributed by atoms with Crippen LogP contribution in [0.25, 0.3) is 0 Å². The molecule has 1 aliphatic rings. The van der Waals surface area contributed by atoms with E-state index in [1.807, 2.05) is 0 Å². The van der Waals surface area contributed by atoms with Crippen molar-refractivity contribution in [1.29, 1.82) is 0 Å². The minimum atomic E-state index is 0.431. The molecule has 0 amide bonds. The highest BCUT2D eigenvalue weighted by molar-refractivity contribution is 7.99. The van der Waals surface area contributed by atoms with Crippen LogP contribution in [-0.4, -0.2) is 17.5 Å². The Kier molecular flexibility index (Phi) is 5.60. The van der Waals surface area contributed by atoms with E-state index < -0.39 is 0 Å². The van der Waals surface area contributed by atoms with E-state index in [2.05, 4.69) is 30.7 Å². The maximum Gasteiger partial charge on any atom is 0.0250 e. The molecule has 0 saturated carbocycles. The number of hydrogen-bond donors (Lipinski definition) is 2. The predicted octanol–water partition coefficient (Wildman–Crippen LogP) is 2.32. The molecule has 1 heterocycles. The first-order valence-electron chi connectivity index (χ1n) is 5.40. The van der Waals surface area contributed by atoms with Gasteiger partial charge in [0.2, 0.25) is 0 Å². The van der Waals surface area contributed by atoms with Crippen molar-refractivity contribution < 1.29 is 0 Å². The number of hydrazine groups is 1. The lowest BCUT2D eigenvalue weighted by atomic mass is 9.92. The van der Waals surface area contributed by atoms with Crippen LogP contribution in [0.2, 0.25) is 0 Å². The number of nitrogens with two attached hydrogens (primary N) is 1. The second-order valence-electron chi connectivity index (χ2n) is 4.32. The molecule has 3 N–H and O–H groups in total.